The Morgan fingerprint density at radius 1 is 1.00 bits per heavy atom. The van der Waals surface area contributed by atoms with E-state index < -0.39 is 0 Å². The van der Waals surface area contributed by atoms with Gasteiger partial charge in [-0.3, -0.25) is 4.90 Å². The molecular formula is C32H34N4O3S. The standard InChI is InChI=1S/C32H34N4O3S/c1-39-26-15-13-25(14-16-26)33-32(38)35-17-5-6-18-36-28(19-35)30(29(36)20-37)23-11-9-22(10-12-23)27-21-40-31(34-27)24-7-3-2-4-8-24/h2-4,7-16,21,28-30,37H,5-6,17-20H2,1H3,(H,33,38)/t28-,29+,30+/m0/s1. The Balaban J connectivity index is 1.18. The zero-order valence-electron chi connectivity index (χ0n) is 22.6. The van der Waals surface area contributed by atoms with Crippen molar-refractivity contribution in [3.8, 4) is 27.6 Å². The lowest BCUT2D eigenvalue weighted by atomic mass is 9.74. The summed E-state index contributed by atoms with van der Waals surface area (Å²) in [6.07, 6.45) is 1.94. The van der Waals surface area contributed by atoms with Gasteiger partial charge in [0.25, 0.3) is 0 Å². The number of ether oxygens (including phenoxy) is 1. The topological polar surface area (TPSA) is 77.9 Å². The normalized spacial score (nSPS) is 21.1. The molecule has 40 heavy (non-hydrogen) atoms. The summed E-state index contributed by atoms with van der Waals surface area (Å²) in [6.45, 7) is 2.39. The molecule has 0 aliphatic carbocycles. The molecule has 0 radical (unpaired) electrons. The number of amides is 2. The van der Waals surface area contributed by atoms with Gasteiger partial charge in [0.15, 0.2) is 0 Å². The number of carbonyl (C=O) groups is 1. The highest BCUT2D eigenvalue weighted by Gasteiger charge is 2.49. The number of aliphatic hydroxyl groups excluding tert-OH is 1. The molecule has 2 N–H and O–H groups in total. The van der Waals surface area contributed by atoms with Gasteiger partial charge < -0.3 is 20.1 Å². The second-order valence-electron chi connectivity index (χ2n) is 10.4. The van der Waals surface area contributed by atoms with Crippen LogP contribution < -0.4 is 10.1 Å². The average molecular weight is 555 g/mol. The van der Waals surface area contributed by atoms with Crippen LogP contribution in [0, 0.1) is 0 Å². The van der Waals surface area contributed by atoms with Crippen molar-refractivity contribution >= 4 is 23.1 Å². The van der Waals surface area contributed by atoms with Crippen LogP contribution in [0.5, 0.6) is 5.75 Å². The molecule has 1 aromatic heterocycles. The highest BCUT2D eigenvalue weighted by atomic mass is 32.1. The molecule has 8 heteroatoms. The molecule has 2 aliphatic rings. The van der Waals surface area contributed by atoms with Gasteiger partial charge in [-0.15, -0.1) is 11.3 Å². The molecule has 4 aromatic rings. The first-order valence-electron chi connectivity index (χ1n) is 13.8. The largest absolute Gasteiger partial charge is 0.497 e. The molecule has 2 fully saturated rings. The number of rotatable bonds is 6. The van der Waals surface area contributed by atoms with E-state index >= 15 is 0 Å². The third-order valence-corrected chi connectivity index (χ3v) is 9.01. The molecule has 3 atom stereocenters. The van der Waals surface area contributed by atoms with Gasteiger partial charge in [-0.1, -0.05) is 54.6 Å². The molecule has 2 amide bonds. The predicted octanol–water partition coefficient (Wildman–Crippen LogP) is 5.94. The number of nitrogens with zero attached hydrogens (tertiary/aromatic N) is 3. The number of aliphatic hydroxyl groups is 1. The number of hydrogen-bond donors (Lipinski definition) is 2. The van der Waals surface area contributed by atoms with Gasteiger partial charge in [0.2, 0.25) is 0 Å². The van der Waals surface area contributed by atoms with Crippen molar-refractivity contribution in [1.29, 1.82) is 0 Å². The van der Waals surface area contributed by atoms with Crippen LogP contribution in [0.25, 0.3) is 21.8 Å². The molecule has 3 heterocycles. The number of carbonyl (C=O) groups excluding carboxylic acids is 1. The fourth-order valence-electron chi connectivity index (χ4n) is 6.00. The van der Waals surface area contributed by atoms with Crippen molar-refractivity contribution < 1.29 is 14.6 Å². The Bertz CT molecular complexity index is 1420. The maximum absolute atomic E-state index is 13.3. The zero-order valence-corrected chi connectivity index (χ0v) is 23.4. The van der Waals surface area contributed by atoms with E-state index in [0.717, 1.165) is 59.2 Å². The molecule has 7 nitrogen and oxygen atoms in total. The van der Waals surface area contributed by atoms with Crippen molar-refractivity contribution in [1.82, 2.24) is 14.8 Å². The van der Waals surface area contributed by atoms with Crippen molar-refractivity contribution in [2.24, 2.45) is 0 Å². The van der Waals surface area contributed by atoms with E-state index in [4.69, 9.17) is 9.72 Å². The third-order valence-electron chi connectivity index (χ3n) is 8.11. The van der Waals surface area contributed by atoms with E-state index in [1.165, 1.54) is 5.56 Å². The number of nitrogens with one attached hydrogen (secondary N) is 1. The molecule has 0 bridgehead atoms. The van der Waals surface area contributed by atoms with E-state index in [9.17, 15) is 9.90 Å². The molecule has 2 aliphatic heterocycles. The number of anilines is 1. The average Bonchev–Trinajstić information content (AvgIpc) is 3.48. The molecule has 0 saturated carbocycles. The lowest BCUT2D eigenvalue weighted by molar-refractivity contribution is -0.0585. The van der Waals surface area contributed by atoms with E-state index in [0.29, 0.717) is 6.54 Å². The maximum Gasteiger partial charge on any atom is 0.321 e. The van der Waals surface area contributed by atoms with Crippen LogP contribution in [-0.4, -0.2) is 71.4 Å². The number of methoxy groups -OCH3 is 1. The second-order valence-corrected chi connectivity index (χ2v) is 11.3. The highest BCUT2D eigenvalue weighted by Crippen LogP contribution is 2.42. The number of fused-ring (bicyclic) bond motifs is 1. The summed E-state index contributed by atoms with van der Waals surface area (Å²) in [7, 11) is 1.63. The smallest absolute Gasteiger partial charge is 0.321 e. The minimum atomic E-state index is -0.0914. The number of urea groups is 1. The lowest BCUT2D eigenvalue weighted by Crippen LogP contribution is -2.68. The minimum absolute atomic E-state index is 0.0596. The number of aromatic nitrogens is 1. The molecule has 3 aromatic carbocycles. The van der Waals surface area contributed by atoms with Crippen molar-refractivity contribution in [3.63, 3.8) is 0 Å². The van der Waals surface area contributed by atoms with Gasteiger partial charge in [-0.05, 0) is 49.2 Å². The van der Waals surface area contributed by atoms with Crippen LogP contribution in [0.15, 0.2) is 84.2 Å². The fourth-order valence-corrected chi connectivity index (χ4v) is 6.83. The number of benzene rings is 3. The Kier molecular flexibility index (Phi) is 7.82. The van der Waals surface area contributed by atoms with E-state index in [-0.39, 0.29) is 30.6 Å². The Hall–Kier alpha value is -3.72. The first-order chi connectivity index (χ1) is 19.6. The van der Waals surface area contributed by atoms with Crippen LogP contribution in [0.3, 0.4) is 0 Å². The number of thiazole rings is 1. The van der Waals surface area contributed by atoms with E-state index in [1.54, 1.807) is 18.4 Å². The third kappa shape index (κ3) is 5.35. The van der Waals surface area contributed by atoms with Gasteiger partial charge in [0.1, 0.15) is 10.8 Å². The summed E-state index contributed by atoms with van der Waals surface area (Å²) in [6, 6.07) is 26.4. The number of hydrogen-bond acceptors (Lipinski definition) is 6. The van der Waals surface area contributed by atoms with E-state index in [2.05, 4.69) is 52.0 Å². The van der Waals surface area contributed by atoms with Gasteiger partial charge in [0.05, 0.1) is 19.4 Å². The van der Waals surface area contributed by atoms with E-state index in [1.807, 2.05) is 47.4 Å². The molecule has 0 spiro atoms. The SMILES string of the molecule is COc1ccc(NC(=O)N2CCCCN3[C@H](CO)[C@H](c4ccc(-c5csc(-c6ccccc6)n5)cc4)[C@@H]3C2)cc1. The van der Waals surface area contributed by atoms with Crippen LogP contribution >= 0.6 is 11.3 Å². The van der Waals surface area contributed by atoms with Gasteiger partial charge in [-0.25, -0.2) is 9.78 Å². The van der Waals surface area contributed by atoms with Crippen LogP contribution in [0.2, 0.25) is 0 Å². The van der Waals surface area contributed by atoms with Gasteiger partial charge in [0, 0.05) is 53.3 Å². The zero-order chi connectivity index (χ0) is 27.5. The Labute approximate surface area is 239 Å². The van der Waals surface area contributed by atoms with Crippen LogP contribution in [0.1, 0.15) is 24.3 Å². The van der Waals surface area contributed by atoms with Crippen molar-refractivity contribution in [2.45, 2.75) is 30.8 Å². The first-order valence-corrected chi connectivity index (χ1v) is 14.7. The van der Waals surface area contributed by atoms with Crippen molar-refractivity contribution in [3.05, 3.63) is 89.8 Å². The molecule has 6 rings (SSSR count). The van der Waals surface area contributed by atoms with Gasteiger partial charge >= 0.3 is 6.03 Å². The second kappa shape index (κ2) is 11.8. The first kappa shape index (κ1) is 26.5. The predicted molar refractivity (Wildman–Crippen MR) is 160 cm³/mol. The van der Waals surface area contributed by atoms with Gasteiger partial charge in [-0.2, -0.15) is 0 Å². The quantitative estimate of drug-likeness (QED) is 0.308. The summed E-state index contributed by atoms with van der Waals surface area (Å²) in [5.74, 6) is 0.911. The summed E-state index contributed by atoms with van der Waals surface area (Å²) >= 11 is 1.65. The summed E-state index contributed by atoms with van der Waals surface area (Å²) in [5.41, 5.74) is 5.11. The summed E-state index contributed by atoms with van der Waals surface area (Å²) < 4.78 is 5.23. The Morgan fingerprint density at radius 3 is 2.48 bits per heavy atom. The molecule has 0 unspecified atom stereocenters. The van der Waals surface area contributed by atoms with Crippen LogP contribution in [-0.2, 0) is 0 Å². The Morgan fingerprint density at radius 2 is 1.75 bits per heavy atom. The van der Waals surface area contributed by atoms with Crippen LogP contribution in [0.4, 0.5) is 10.5 Å². The lowest BCUT2D eigenvalue weighted by Gasteiger charge is -2.57. The molecular weight excluding hydrogens is 520 g/mol. The fraction of sp³-hybridized carbons (Fsp3) is 0.312. The summed E-state index contributed by atoms with van der Waals surface area (Å²) in [4.78, 5) is 22.5. The highest BCUT2D eigenvalue weighted by molar-refractivity contribution is 7.13. The minimum Gasteiger partial charge on any atom is -0.497 e. The molecule has 2 saturated heterocycles. The monoisotopic (exact) mass is 554 g/mol. The van der Waals surface area contributed by atoms with Crippen molar-refractivity contribution in [2.75, 3.05) is 38.7 Å². The summed E-state index contributed by atoms with van der Waals surface area (Å²) in [5, 5.41) is 16.5. The molecule has 206 valence electrons. The maximum atomic E-state index is 13.3.